The third-order valence-corrected chi connectivity index (χ3v) is 6.14. The van der Waals surface area contributed by atoms with E-state index in [0.717, 1.165) is 35.9 Å². The summed E-state index contributed by atoms with van der Waals surface area (Å²) in [6, 6.07) is 6.32. The number of nitrogens with one attached hydrogen (secondary N) is 1. The molecule has 0 radical (unpaired) electrons. The first kappa shape index (κ1) is 24.4. The van der Waals surface area contributed by atoms with E-state index in [9.17, 15) is 9.59 Å². The van der Waals surface area contributed by atoms with Crippen molar-refractivity contribution in [1.82, 2.24) is 19.9 Å². The molecule has 0 saturated heterocycles. The van der Waals surface area contributed by atoms with Crippen molar-refractivity contribution in [2.24, 2.45) is 0 Å². The number of carboxylic acid groups (broad SMARTS) is 1. The molecule has 1 atom stereocenters. The van der Waals surface area contributed by atoms with Crippen molar-refractivity contribution in [3.05, 3.63) is 65.2 Å². The number of amides is 1. The van der Waals surface area contributed by atoms with Gasteiger partial charge in [0.15, 0.2) is 5.13 Å². The lowest BCUT2D eigenvalue weighted by Crippen LogP contribution is -2.38. The molecular formula is C24H31N5O3S. The molecule has 0 aliphatic heterocycles. The Morgan fingerprint density at radius 2 is 1.97 bits per heavy atom. The van der Waals surface area contributed by atoms with Gasteiger partial charge in [-0.1, -0.05) is 32.9 Å². The van der Waals surface area contributed by atoms with Gasteiger partial charge in [0.1, 0.15) is 6.04 Å². The Bertz CT molecular complexity index is 1050. The van der Waals surface area contributed by atoms with Crippen LogP contribution in [0.15, 0.2) is 48.4 Å². The zero-order valence-corrected chi connectivity index (χ0v) is 20.3. The van der Waals surface area contributed by atoms with E-state index in [-0.39, 0.29) is 5.41 Å². The molecule has 0 fully saturated rings. The minimum atomic E-state index is -1.07. The fourth-order valence-electron chi connectivity index (χ4n) is 3.18. The van der Waals surface area contributed by atoms with Gasteiger partial charge in [-0.3, -0.25) is 9.59 Å². The number of nitrogens with zero attached hydrogens (tertiary/aromatic N) is 4. The predicted octanol–water partition coefficient (Wildman–Crippen LogP) is 3.94. The van der Waals surface area contributed by atoms with Crippen LogP contribution in [0.25, 0.3) is 0 Å². The molecule has 1 aromatic carbocycles. The minimum absolute atomic E-state index is 0.0146. The number of aliphatic carboxylic acids is 1. The first-order valence-corrected chi connectivity index (χ1v) is 11.8. The van der Waals surface area contributed by atoms with Crippen LogP contribution in [0.1, 0.15) is 55.7 Å². The molecule has 8 nitrogen and oxygen atoms in total. The van der Waals surface area contributed by atoms with Crippen LogP contribution in [0, 0.1) is 0 Å². The summed E-state index contributed by atoms with van der Waals surface area (Å²) in [5.41, 5.74) is 2.54. The van der Waals surface area contributed by atoms with Crippen molar-refractivity contribution in [2.45, 2.75) is 58.7 Å². The van der Waals surface area contributed by atoms with Gasteiger partial charge in [-0.2, -0.15) is 0 Å². The predicted molar refractivity (Wildman–Crippen MR) is 130 cm³/mol. The first-order valence-electron chi connectivity index (χ1n) is 10.9. The van der Waals surface area contributed by atoms with Crippen LogP contribution in [-0.2, 0) is 23.3 Å². The average Bonchev–Trinajstić information content (AvgIpc) is 3.45. The molecule has 2 heterocycles. The van der Waals surface area contributed by atoms with Crippen molar-refractivity contribution in [2.75, 3.05) is 11.4 Å². The van der Waals surface area contributed by atoms with Crippen molar-refractivity contribution in [1.29, 1.82) is 0 Å². The standard InChI is InChI=1S/C24H31N5O3S/c1-17(22(31)32)26-21(30)19-8-6-18(7-9-19)14-29(12-5-11-28-13-10-25-16-28)23-27-20(15-33-23)24(2,3)4/h6-10,13,15-17H,5,11-12,14H2,1-4H3,(H,26,30)(H,31,32). The Morgan fingerprint density at radius 1 is 1.24 bits per heavy atom. The van der Waals surface area contributed by atoms with Crippen LogP contribution in [0.3, 0.4) is 0 Å². The van der Waals surface area contributed by atoms with E-state index in [2.05, 4.69) is 45.9 Å². The summed E-state index contributed by atoms with van der Waals surface area (Å²) in [6.07, 6.45) is 6.50. The summed E-state index contributed by atoms with van der Waals surface area (Å²) in [5.74, 6) is -1.47. The SMILES string of the molecule is CC(NC(=O)c1ccc(CN(CCCn2ccnc2)c2nc(C(C)(C)C)cs2)cc1)C(=O)O. The maximum absolute atomic E-state index is 12.3. The second-order valence-corrected chi connectivity index (χ2v) is 9.91. The molecule has 0 saturated carbocycles. The lowest BCUT2D eigenvalue weighted by Gasteiger charge is -2.23. The van der Waals surface area contributed by atoms with Crippen LogP contribution in [0.4, 0.5) is 5.13 Å². The van der Waals surface area contributed by atoms with Gasteiger partial charge in [-0.25, -0.2) is 9.97 Å². The molecule has 1 unspecified atom stereocenters. The number of carbonyl (C=O) groups is 2. The summed E-state index contributed by atoms with van der Waals surface area (Å²) in [7, 11) is 0. The van der Waals surface area contributed by atoms with Gasteiger partial charge in [0, 0.05) is 48.4 Å². The Morgan fingerprint density at radius 3 is 2.55 bits per heavy atom. The molecule has 176 valence electrons. The number of aryl methyl sites for hydroxylation is 1. The highest BCUT2D eigenvalue weighted by molar-refractivity contribution is 7.13. The van der Waals surface area contributed by atoms with Gasteiger partial charge in [-0.05, 0) is 31.0 Å². The Kier molecular flexibility index (Phi) is 7.86. The van der Waals surface area contributed by atoms with Gasteiger partial charge in [0.25, 0.3) is 5.91 Å². The normalized spacial score (nSPS) is 12.4. The largest absolute Gasteiger partial charge is 0.480 e. The smallest absolute Gasteiger partial charge is 0.325 e. The molecule has 1 amide bonds. The highest BCUT2D eigenvalue weighted by Crippen LogP contribution is 2.29. The fourth-order valence-corrected chi connectivity index (χ4v) is 4.26. The fraction of sp³-hybridized carbons (Fsp3) is 0.417. The molecule has 3 rings (SSSR count). The quantitative estimate of drug-likeness (QED) is 0.467. The number of imidazole rings is 1. The molecule has 33 heavy (non-hydrogen) atoms. The molecule has 0 bridgehead atoms. The molecule has 0 aliphatic rings. The number of rotatable bonds is 10. The molecule has 2 N–H and O–H groups in total. The van der Waals surface area contributed by atoms with Crippen molar-refractivity contribution >= 4 is 28.3 Å². The van der Waals surface area contributed by atoms with E-state index < -0.39 is 17.9 Å². The number of carboxylic acids is 1. The van der Waals surface area contributed by atoms with Crippen molar-refractivity contribution in [3.8, 4) is 0 Å². The number of aromatic nitrogens is 3. The number of carbonyl (C=O) groups excluding carboxylic acids is 1. The molecular weight excluding hydrogens is 438 g/mol. The van der Waals surface area contributed by atoms with Gasteiger partial charge in [0.2, 0.25) is 0 Å². The Balaban J connectivity index is 1.71. The summed E-state index contributed by atoms with van der Waals surface area (Å²) in [5, 5.41) is 14.6. The number of thiazole rings is 1. The van der Waals surface area contributed by atoms with E-state index >= 15 is 0 Å². The van der Waals surface area contributed by atoms with Crippen molar-refractivity contribution < 1.29 is 14.7 Å². The van der Waals surface area contributed by atoms with Crippen LogP contribution in [0.2, 0.25) is 0 Å². The number of benzene rings is 1. The van der Waals surface area contributed by atoms with Crippen molar-refractivity contribution in [3.63, 3.8) is 0 Å². The Hall–Kier alpha value is -3.20. The zero-order chi connectivity index (χ0) is 24.0. The molecule has 0 aliphatic carbocycles. The van der Waals surface area contributed by atoms with Gasteiger partial charge in [0.05, 0.1) is 12.0 Å². The summed E-state index contributed by atoms with van der Waals surface area (Å²) < 4.78 is 2.06. The second kappa shape index (κ2) is 10.6. The maximum Gasteiger partial charge on any atom is 0.325 e. The first-order chi connectivity index (χ1) is 15.6. The minimum Gasteiger partial charge on any atom is -0.480 e. The summed E-state index contributed by atoms with van der Waals surface area (Å²) >= 11 is 1.65. The maximum atomic E-state index is 12.3. The van der Waals surface area contributed by atoms with Crippen LogP contribution in [0.5, 0.6) is 0 Å². The van der Waals surface area contributed by atoms with Gasteiger partial charge in [-0.15, -0.1) is 11.3 Å². The molecule has 3 aromatic rings. The zero-order valence-electron chi connectivity index (χ0n) is 19.5. The molecule has 9 heteroatoms. The van der Waals surface area contributed by atoms with Crippen LogP contribution in [-0.4, -0.2) is 44.1 Å². The summed E-state index contributed by atoms with van der Waals surface area (Å²) in [6.45, 7) is 10.3. The monoisotopic (exact) mass is 469 g/mol. The molecule has 2 aromatic heterocycles. The summed E-state index contributed by atoms with van der Waals surface area (Å²) in [4.78, 5) is 34.5. The third-order valence-electron chi connectivity index (χ3n) is 5.24. The second-order valence-electron chi connectivity index (χ2n) is 9.07. The average molecular weight is 470 g/mol. The molecule has 0 spiro atoms. The highest BCUT2D eigenvalue weighted by Gasteiger charge is 2.20. The third kappa shape index (κ3) is 6.89. The number of anilines is 1. The topological polar surface area (TPSA) is 100 Å². The van der Waals surface area contributed by atoms with Crippen LogP contribution >= 0.6 is 11.3 Å². The van der Waals surface area contributed by atoms with E-state index in [0.29, 0.717) is 12.1 Å². The highest BCUT2D eigenvalue weighted by atomic mass is 32.1. The van der Waals surface area contributed by atoms with E-state index in [4.69, 9.17) is 10.1 Å². The number of hydrogen-bond acceptors (Lipinski definition) is 6. The van der Waals surface area contributed by atoms with Gasteiger partial charge < -0.3 is 19.9 Å². The van der Waals surface area contributed by atoms with Gasteiger partial charge >= 0.3 is 5.97 Å². The Labute approximate surface area is 198 Å². The van der Waals surface area contributed by atoms with Crippen LogP contribution < -0.4 is 10.2 Å². The number of hydrogen-bond donors (Lipinski definition) is 2. The van der Waals surface area contributed by atoms with E-state index in [1.165, 1.54) is 6.92 Å². The lowest BCUT2D eigenvalue weighted by atomic mass is 9.93. The van der Waals surface area contributed by atoms with E-state index in [1.807, 2.05) is 24.7 Å². The lowest BCUT2D eigenvalue weighted by molar-refractivity contribution is -0.138. The van der Waals surface area contributed by atoms with E-state index in [1.54, 1.807) is 29.7 Å².